The van der Waals surface area contributed by atoms with Gasteiger partial charge < -0.3 is 18.9 Å². The van der Waals surface area contributed by atoms with Crippen molar-refractivity contribution in [2.75, 3.05) is 0 Å². The average Bonchev–Trinajstić information content (AvgIpc) is 2.91. The van der Waals surface area contributed by atoms with E-state index in [0.29, 0.717) is 46.0 Å². The van der Waals surface area contributed by atoms with Gasteiger partial charge in [-0.1, -0.05) is 12.1 Å². The van der Waals surface area contributed by atoms with Crippen LogP contribution in [-0.2, 0) is 0 Å². The molecule has 0 radical (unpaired) electrons. The van der Waals surface area contributed by atoms with Gasteiger partial charge in [-0.2, -0.15) is 0 Å². The number of rotatable bonds is 8. The molecule has 4 nitrogen and oxygen atoms in total. The summed E-state index contributed by atoms with van der Waals surface area (Å²) >= 11 is 0. The predicted octanol–water partition coefficient (Wildman–Crippen LogP) is 9.75. The van der Waals surface area contributed by atoms with Crippen LogP contribution in [0.25, 0.3) is 0 Å². The summed E-state index contributed by atoms with van der Waals surface area (Å²) in [6.45, 7) is 3.93. The van der Waals surface area contributed by atoms with Crippen LogP contribution in [0.5, 0.6) is 46.0 Å². The zero-order valence-corrected chi connectivity index (χ0v) is 20.8. The fourth-order valence-electron chi connectivity index (χ4n) is 3.73. The second-order valence-electron chi connectivity index (χ2n) is 8.58. The molecule has 0 saturated heterocycles. The van der Waals surface area contributed by atoms with Gasteiger partial charge in [-0.25, -0.2) is 8.78 Å². The molecule has 5 aromatic carbocycles. The van der Waals surface area contributed by atoms with E-state index in [-0.39, 0.29) is 11.6 Å². The Morgan fingerprint density at radius 1 is 0.395 bits per heavy atom. The number of hydrogen-bond donors (Lipinski definition) is 0. The van der Waals surface area contributed by atoms with E-state index in [9.17, 15) is 8.78 Å². The van der Waals surface area contributed by atoms with Gasteiger partial charge >= 0.3 is 0 Å². The number of ether oxygens (including phenoxy) is 4. The maximum absolute atomic E-state index is 13.4. The molecule has 0 amide bonds. The number of benzene rings is 5. The first-order chi connectivity index (χ1) is 18.4. The third-order valence-corrected chi connectivity index (χ3v) is 5.85. The van der Waals surface area contributed by atoms with Crippen LogP contribution < -0.4 is 18.9 Å². The summed E-state index contributed by atoms with van der Waals surface area (Å²) in [7, 11) is 0. The topological polar surface area (TPSA) is 36.9 Å². The molecule has 5 rings (SSSR count). The van der Waals surface area contributed by atoms with Crippen molar-refractivity contribution < 1.29 is 27.7 Å². The number of hydrogen-bond acceptors (Lipinski definition) is 4. The first-order valence-corrected chi connectivity index (χ1v) is 12.0. The zero-order valence-electron chi connectivity index (χ0n) is 20.8. The molecular weight excluding hydrogens is 486 g/mol. The van der Waals surface area contributed by atoms with Crippen LogP contribution in [0.4, 0.5) is 8.78 Å². The Bertz CT molecular complexity index is 1430. The fourth-order valence-corrected chi connectivity index (χ4v) is 3.73. The lowest BCUT2D eigenvalue weighted by Crippen LogP contribution is -1.94. The normalized spacial score (nSPS) is 10.6. The first kappa shape index (κ1) is 24.8. The Hall–Kier alpha value is -4.84. The van der Waals surface area contributed by atoms with Crippen molar-refractivity contribution in [3.05, 3.63) is 132 Å². The van der Waals surface area contributed by atoms with Crippen molar-refractivity contribution in [1.82, 2.24) is 0 Å². The molecule has 5 aromatic rings. The minimum absolute atomic E-state index is 0.354. The maximum atomic E-state index is 13.4. The second-order valence-corrected chi connectivity index (χ2v) is 8.58. The molecule has 0 fully saturated rings. The van der Waals surface area contributed by atoms with Gasteiger partial charge in [0.05, 0.1) is 0 Å². The van der Waals surface area contributed by atoms with E-state index in [1.54, 1.807) is 72.8 Å². The molecule has 0 bridgehead atoms. The van der Waals surface area contributed by atoms with Gasteiger partial charge in [-0.05, 0) is 110 Å². The molecule has 0 atom stereocenters. The molecule has 38 heavy (non-hydrogen) atoms. The zero-order chi connectivity index (χ0) is 26.5. The van der Waals surface area contributed by atoms with E-state index < -0.39 is 0 Å². The molecule has 0 spiro atoms. The van der Waals surface area contributed by atoms with Crippen LogP contribution in [0.15, 0.2) is 109 Å². The van der Waals surface area contributed by atoms with E-state index >= 15 is 0 Å². The third-order valence-electron chi connectivity index (χ3n) is 5.85. The second kappa shape index (κ2) is 11.0. The maximum Gasteiger partial charge on any atom is 0.130 e. The van der Waals surface area contributed by atoms with Crippen molar-refractivity contribution in [2.24, 2.45) is 0 Å². The Labute approximate surface area is 219 Å². The van der Waals surface area contributed by atoms with Crippen LogP contribution in [0.2, 0.25) is 0 Å². The lowest BCUT2D eigenvalue weighted by Gasteiger charge is -2.15. The van der Waals surface area contributed by atoms with Crippen LogP contribution in [0.3, 0.4) is 0 Å². The molecule has 0 N–H and O–H groups in total. The van der Waals surface area contributed by atoms with Gasteiger partial charge in [0.2, 0.25) is 0 Å². The molecule has 6 heteroatoms. The Kier molecular flexibility index (Phi) is 7.22. The minimum atomic E-state index is -0.354. The third kappa shape index (κ3) is 6.10. The SMILES string of the molecule is Cc1c(Oc2ccc(Oc3cccc(F)c3)cc2)ccc(Oc2ccc(Oc3cccc(F)c3)cc2)c1C. The van der Waals surface area contributed by atoms with Crippen molar-refractivity contribution in [3.8, 4) is 46.0 Å². The van der Waals surface area contributed by atoms with Gasteiger partial charge in [0, 0.05) is 12.1 Å². The lowest BCUT2D eigenvalue weighted by atomic mass is 10.1. The summed E-state index contributed by atoms with van der Waals surface area (Å²) < 4.78 is 50.3. The van der Waals surface area contributed by atoms with Gasteiger partial charge in [0.15, 0.2) is 0 Å². The van der Waals surface area contributed by atoms with E-state index in [4.69, 9.17) is 18.9 Å². The Balaban J connectivity index is 1.23. The standard InChI is InChI=1S/C32H24F2O4/c1-21-22(2)32(38-28-15-11-26(12-16-28)36-30-8-4-6-24(34)20-30)18-17-31(21)37-27-13-9-25(10-14-27)35-29-7-3-5-23(33)19-29/h3-20H,1-2H3. The first-order valence-electron chi connectivity index (χ1n) is 12.0. The molecule has 0 unspecified atom stereocenters. The highest BCUT2D eigenvalue weighted by Crippen LogP contribution is 2.36. The van der Waals surface area contributed by atoms with Crippen molar-refractivity contribution >= 4 is 0 Å². The van der Waals surface area contributed by atoms with Gasteiger partial charge in [0.25, 0.3) is 0 Å². The molecule has 0 aliphatic heterocycles. The van der Waals surface area contributed by atoms with E-state index in [2.05, 4.69) is 0 Å². The summed E-state index contributed by atoms with van der Waals surface area (Å²) in [5, 5.41) is 0. The molecular formula is C32H24F2O4. The van der Waals surface area contributed by atoms with Crippen LogP contribution in [-0.4, -0.2) is 0 Å². The minimum Gasteiger partial charge on any atom is -0.457 e. The summed E-state index contributed by atoms with van der Waals surface area (Å²) in [4.78, 5) is 0. The van der Waals surface area contributed by atoms with Crippen molar-refractivity contribution in [1.29, 1.82) is 0 Å². The van der Waals surface area contributed by atoms with Crippen molar-refractivity contribution in [3.63, 3.8) is 0 Å². The van der Waals surface area contributed by atoms with Crippen molar-refractivity contribution in [2.45, 2.75) is 13.8 Å². The van der Waals surface area contributed by atoms with Gasteiger partial charge in [0.1, 0.15) is 57.6 Å². The van der Waals surface area contributed by atoms with Crippen LogP contribution in [0.1, 0.15) is 11.1 Å². The van der Waals surface area contributed by atoms with Gasteiger partial charge in [-0.3, -0.25) is 0 Å². The molecule has 0 aromatic heterocycles. The van der Waals surface area contributed by atoms with Crippen LogP contribution in [0, 0.1) is 25.5 Å². The van der Waals surface area contributed by atoms with E-state index in [0.717, 1.165) is 11.1 Å². The quantitative estimate of drug-likeness (QED) is 0.208. The predicted molar refractivity (Wildman–Crippen MR) is 142 cm³/mol. The van der Waals surface area contributed by atoms with E-state index in [1.807, 2.05) is 26.0 Å². The highest BCUT2D eigenvalue weighted by Gasteiger charge is 2.11. The Morgan fingerprint density at radius 3 is 1.08 bits per heavy atom. The molecule has 0 aliphatic rings. The summed E-state index contributed by atoms with van der Waals surface area (Å²) in [5.74, 6) is 3.98. The molecule has 0 saturated carbocycles. The monoisotopic (exact) mass is 510 g/mol. The smallest absolute Gasteiger partial charge is 0.130 e. The lowest BCUT2D eigenvalue weighted by molar-refractivity contribution is 0.455. The summed E-state index contributed by atoms with van der Waals surface area (Å²) in [6, 6.07) is 29.9. The molecule has 0 heterocycles. The largest absolute Gasteiger partial charge is 0.457 e. The summed E-state index contributed by atoms with van der Waals surface area (Å²) in [6.07, 6.45) is 0. The van der Waals surface area contributed by atoms with E-state index in [1.165, 1.54) is 24.3 Å². The number of halogens is 2. The fraction of sp³-hybridized carbons (Fsp3) is 0.0625. The average molecular weight is 511 g/mol. The van der Waals surface area contributed by atoms with Crippen LogP contribution >= 0.6 is 0 Å². The Morgan fingerprint density at radius 2 is 0.737 bits per heavy atom. The highest BCUT2D eigenvalue weighted by atomic mass is 19.1. The molecule has 0 aliphatic carbocycles. The van der Waals surface area contributed by atoms with Gasteiger partial charge in [-0.15, -0.1) is 0 Å². The molecule has 190 valence electrons. The highest BCUT2D eigenvalue weighted by molar-refractivity contribution is 5.50. The summed E-state index contributed by atoms with van der Waals surface area (Å²) in [5.41, 5.74) is 1.88.